The van der Waals surface area contributed by atoms with Gasteiger partial charge in [0.15, 0.2) is 11.4 Å². The fourth-order valence-electron chi connectivity index (χ4n) is 14.7. The van der Waals surface area contributed by atoms with E-state index in [4.69, 9.17) is 4.74 Å². The number of benzene rings is 1. The Morgan fingerprint density at radius 3 is 2.16 bits per heavy atom. The number of hydrogen-bond acceptors (Lipinski definition) is 7. The van der Waals surface area contributed by atoms with E-state index in [9.17, 15) is 28.2 Å². The standard InChI is InChI=1S/C47H60F3NO7/c1-39(2)42(5)21-24-46(39,58-38(42)55)37(54)51(27-29-11-13-32(14-12-29)57-47(48,49)50)28-44(56)20-17-35-41(44,4)19-16-34-40(3)18-15-31(52)25-43(40)22-23-45(34,35)33(26-43)36(53)30-9-7-6-8-10-30/h11-14,22-23,26,30-31,34-35,52,56H,6-10,15-21,24-25,27-28H2,1-5H3. The molecule has 8 aliphatic carbocycles. The van der Waals surface area contributed by atoms with E-state index in [-0.39, 0.29) is 47.8 Å². The van der Waals surface area contributed by atoms with Gasteiger partial charge in [-0.3, -0.25) is 14.4 Å². The fourth-order valence-corrected chi connectivity index (χ4v) is 14.7. The number of amides is 1. The van der Waals surface area contributed by atoms with Crippen LogP contribution in [0.2, 0.25) is 0 Å². The Labute approximate surface area is 340 Å². The largest absolute Gasteiger partial charge is 0.573 e. The zero-order valence-electron chi connectivity index (χ0n) is 34.7. The molecule has 1 saturated heterocycles. The van der Waals surface area contributed by atoms with E-state index in [0.29, 0.717) is 50.5 Å². The van der Waals surface area contributed by atoms with Crippen LogP contribution in [-0.2, 0) is 25.7 Å². The number of esters is 1. The van der Waals surface area contributed by atoms with Gasteiger partial charge in [0.05, 0.1) is 23.7 Å². The summed E-state index contributed by atoms with van der Waals surface area (Å²) in [4.78, 5) is 45.3. The van der Waals surface area contributed by atoms with Crippen molar-refractivity contribution in [3.8, 4) is 5.75 Å². The zero-order chi connectivity index (χ0) is 41.5. The first-order valence-electron chi connectivity index (χ1n) is 21.9. The molecule has 10 rings (SSSR count). The Morgan fingerprint density at radius 1 is 0.862 bits per heavy atom. The highest BCUT2D eigenvalue weighted by Gasteiger charge is 2.78. The molecule has 10 unspecified atom stereocenters. The topological polar surface area (TPSA) is 113 Å². The number of alkyl halides is 3. The number of aliphatic hydroxyl groups is 2. The monoisotopic (exact) mass is 807 g/mol. The van der Waals surface area contributed by atoms with Crippen molar-refractivity contribution >= 4 is 17.7 Å². The molecule has 10 atom stereocenters. The molecule has 4 bridgehead atoms. The number of ketones is 1. The van der Waals surface area contributed by atoms with E-state index in [1.54, 1.807) is 4.90 Å². The van der Waals surface area contributed by atoms with Gasteiger partial charge in [-0.1, -0.05) is 77.3 Å². The lowest BCUT2D eigenvalue weighted by atomic mass is 9.32. The Morgan fingerprint density at radius 2 is 1.52 bits per heavy atom. The van der Waals surface area contributed by atoms with Crippen LogP contribution in [0.3, 0.4) is 0 Å². The van der Waals surface area contributed by atoms with Gasteiger partial charge in [-0.05, 0) is 112 Å². The van der Waals surface area contributed by atoms with Crippen LogP contribution in [0.5, 0.6) is 5.75 Å². The summed E-state index contributed by atoms with van der Waals surface area (Å²) in [6.07, 6.45) is 12.0. The van der Waals surface area contributed by atoms with Crippen LogP contribution in [0.15, 0.2) is 48.1 Å². The molecule has 8 nitrogen and oxygen atoms in total. The van der Waals surface area contributed by atoms with Gasteiger partial charge in [-0.25, -0.2) is 0 Å². The summed E-state index contributed by atoms with van der Waals surface area (Å²) in [5.74, 6) is -0.967. The van der Waals surface area contributed by atoms with Crippen molar-refractivity contribution in [2.24, 2.45) is 50.2 Å². The predicted octanol–water partition coefficient (Wildman–Crippen LogP) is 8.78. The molecule has 1 aromatic carbocycles. The molecular weight excluding hydrogens is 748 g/mol. The van der Waals surface area contributed by atoms with Gasteiger partial charge in [0, 0.05) is 39.7 Å². The molecule has 316 valence electrons. The molecule has 58 heavy (non-hydrogen) atoms. The van der Waals surface area contributed by atoms with E-state index in [2.05, 4.69) is 36.8 Å². The molecule has 0 radical (unpaired) electrons. The molecule has 1 aliphatic heterocycles. The smallest absolute Gasteiger partial charge is 0.448 e. The van der Waals surface area contributed by atoms with Crippen molar-refractivity contribution in [2.75, 3.05) is 6.54 Å². The maximum Gasteiger partial charge on any atom is 0.573 e. The minimum atomic E-state index is -4.86. The Balaban J connectivity index is 1.10. The number of halogens is 3. The summed E-state index contributed by atoms with van der Waals surface area (Å²) in [6, 6.07) is 5.43. The first-order chi connectivity index (χ1) is 27.1. The van der Waals surface area contributed by atoms with Crippen LogP contribution < -0.4 is 4.74 Å². The van der Waals surface area contributed by atoms with Gasteiger partial charge in [0.2, 0.25) is 0 Å². The van der Waals surface area contributed by atoms with Crippen molar-refractivity contribution in [3.63, 3.8) is 0 Å². The molecular formula is C47H60F3NO7. The summed E-state index contributed by atoms with van der Waals surface area (Å²) >= 11 is 0. The molecule has 2 N–H and O–H groups in total. The fraction of sp³-hybridized carbons (Fsp3) is 0.723. The number of nitrogens with zero attached hydrogens (tertiary/aromatic N) is 1. The summed E-state index contributed by atoms with van der Waals surface area (Å²) in [5.41, 5.74) is -5.09. The normalized spacial score (nSPS) is 43.6. The number of Topliss-reactive ketones (excluding diaryl/α,β-unsaturated/α-hetero) is 1. The number of fused-ring (bicyclic) bond motifs is 3. The molecule has 11 heteroatoms. The highest BCUT2D eigenvalue weighted by molar-refractivity contribution is 6.00. The van der Waals surface area contributed by atoms with Crippen LogP contribution in [0, 0.1) is 50.2 Å². The highest BCUT2D eigenvalue weighted by Crippen LogP contribution is 2.78. The Bertz CT molecular complexity index is 1970. The lowest BCUT2D eigenvalue weighted by Crippen LogP contribution is -2.68. The van der Waals surface area contributed by atoms with Gasteiger partial charge in [-0.15, -0.1) is 13.2 Å². The number of ether oxygens (including phenoxy) is 2. The van der Waals surface area contributed by atoms with Crippen molar-refractivity contribution in [3.05, 3.63) is 53.6 Å². The lowest BCUT2D eigenvalue weighted by molar-refractivity contribution is -0.274. The van der Waals surface area contributed by atoms with E-state index in [1.807, 2.05) is 20.8 Å². The van der Waals surface area contributed by atoms with E-state index in [0.717, 1.165) is 50.5 Å². The molecule has 0 aromatic heterocycles. The summed E-state index contributed by atoms with van der Waals surface area (Å²) in [6.45, 7) is 10.1. The van der Waals surface area contributed by atoms with Gasteiger partial charge in [0.25, 0.3) is 5.91 Å². The number of rotatable bonds is 8. The van der Waals surface area contributed by atoms with Crippen LogP contribution >= 0.6 is 0 Å². The minimum absolute atomic E-state index is 0.0256. The van der Waals surface area contributed by atoms with Crippen molar-refractivity contribution in [2.45, 2.75) is 155 Å². The molecule has 2 spiro atoms. The third kappa shape index (κ3) is 5.16. The number of aliphatic hydroxyl groups excluding tert-OH is 1. The Kier molecular flexibility index (Phi) is 8.80. The lowest BCUT2D eigenvalue weighted by Gasteiger charge is -2.71. The summed E-state index contributed by atoms with van der Waals surface area (Å²) in [5, 5.41) is 24.4. The van der Waals surface area contributed by atoms with Crippen molar-refractivity contribution < 1.29 is 47.2 Å². The van der Waals surface area contributed by atoms with Gasteiger partial charge >= 0.3 is 12.3 Å². The first-order valence-corrected chi connectivity index (χ1v) is 21.9. The van der Waals surface area contributed by atoms with Crippen LogP contribution in [0.25, 0.3) is 0 Å². The SMILES string of the molecule is CC12CCC(C(=O)N(Cc3ccc(OC(F)(F)F)cc3)CC3(O)CCC4C56C=CC7(C=C5C(=O)C5CCCCC5)CC(O)CCC7(C)C6CCC43C)(OC1=O)C2(C)C. The third-order valence-corrected chi connectivity index (χ3v) is 18.7. The van der Waals surface area contributed by atoms with E-state index < -0.39 is 62.6 Å². The average molecular weight is 808 g/mol. The summed E-state index contributed by atoms with van der Waals surface area (Å²) in [7, 11) is 0. The van der Waals surface area contributed by atoms with Crippen LogP contribution in [0.4, 0.5) is 13.2 Å². The first kappa shape index (κ1) is 40.2. The second kappa shape index (κ2) is 12.7. The van der Waals surface area contributed by atoms with Gasteiger partial charge in [0.1, 0.15) is 5.75 Å². The minimum Gasteiger partial charge on any atom is -0.448 e. The molecule has 6 fully saturated rings. The average Bonchev–Trinajstić information content (AvgIpc) is 3.62. The quantitative estimate of drug-likeness (QED) is 0.200. The van der Waals surface area contributed by atoms with Gasteiger partial charge in [-0.2, -0.15) is 0 Å². The number of carbonyl (C=O) groups excluding carboxylic acids is 3. The molecule has 9 aliphatic rings. The zero-order valence-corrected chi connectivity index (χ0v) is 34.7. The van der Waals surface area contributed by atoms with E-state index in [1.165, 1.54) is 24.3 Å². The van der Waals surface area contributed by atoms with Gasteiger partial charge < -0.3 is 24.6 Å². The van der Waals surface area contributed by atoms with Crippen molar-refractivity contribution in [1.29, 1.82) is 0 Å². The second-order valence-electron chi connectivity index (χ2n) is 21.0. The van der Waals surface area contributed by atoms with Crippen LogP contribution in [-0.4, -0.2) is 63.0 Å². The molecule has 1 amide bonds. The maximum atomic E-state index is 15.3. The molecule has 5 saturated carbocycles. The predicted molar refractivity (Wildman–Crippen MR) is 209 cm³/mol. The van der Waals surface area contributed by atoms with E-state index >= 15 is 9.59 Å². The van der Waals surface area contributed by atoms with Crippen molar-refractivity contribution in [1.82, 2.24) is 4.90 Å². The summed E-state index contributed by atoms with van der Waals surface area (Å²) < 4.78 is 49.4. The number of carbonyl (C=O) groups is 3. The second-order valence-corrected chi connectivity index (χ2v) is 21.0. The number of allylic oxidation sites excluding steroid dienone is 4. The molecule has 1 aromatic rings. The van der Waals surface area contributed by atoms with Crippen LogP contribution in [0.1, 0.15) is 130 Å². The molecule has 1 heterocycles. The highest BCUT2D eigenvalue weighted by atomic mass is 19.4. The number of hydrogen-bond donors (Lipinski definition) is 2. The third-order valence-electron chi connectivity index (χ3n) is 18.7. The maximum absolute atomic E-state index is 15.3. The Hall–Kier alpha value is -3.18.